The minimum Gasteiger partial charge on any atom is -0.475 e. The minimum atomic E-state index is -5.08. The lowest BCUT2D eigenvalue weighted by Crippen LogP contribution is -2.37. The molecule has 1 aliphatic rings. The van der Waals surface area contributed by atoms with E-state index < -0.39 is 12.1 Å². The van der Waals surface area contributed by atoms with Gasteiger partial charge in [-0.3, -0.25) is 9.69 Å². The zero-order chi connectivity index (χ0) is 24.9. The van der Waals surface area contributed by atoms with E-state index >= 15 is 0 Å². The maximum absolute atomic E-state index is 12.6. The molecule has 182 valence electrons. The first-order chi connectivity index (χ1) is 16.0. The minimum absolute atomic E-state index is 0.0389. The van der Waals surface area contributed by atoms with Crippen LogP contribution in [-0.4, -0.2) is 55.2 Å². The van der Waals surface area contributed by atoms with Crippen LogP contribution in [0.2, 0.25) is 0 Å². The van der Waals surface area contributed by atoms with Gasteiger partial charge in [0.05, 0.1) is 11.4 Å². The highest BCUT2D eigenvalue weighted by molar-refractivity contribution is 5.74. The Hall–Kier alpha value is -3.47. The summed E-state index contributed by atoms with van der Waals surface area (Å²) in [7, 11) is 0. The third-order valence-electron chi connectivity index (χ3n) is 5.49. The number of carbonyl (C=O) groups excluding carboxylic acids is 1. The van der Waals surface area contributed by atoms with Gasteiger partial charge in [0, 0.05) is 24.8 Å². The summed E-state index contributed by atoms with van der Waals surface area (Å²) in [4.78, 5) is 35.5. The van der Waals surface area contributed by atoms with Crippen LogP contribution < -0.4 is 0 Å². The fourth-order valence-electron chi connectivity index (χ4n) is 3.77. The predicted molar refractivity (Wildman–Crippen MR) is 116 cm³/mol. The molecule has 4 rings (SSSR count). The second kappa shape index (κ2) is 10.2. The smallest absolute Gasteiger partial charge is 0.475 e. The fourth-order valence-corrected chi connectivity index (χ4v) is 3.77. The van der Waals surface area contributed by atoms with E-state index in [4.69, 9.17) is 14.6 Å². The maximum Gasteiger partial charge on any atom is 0.490 e. The van der Waals surface area contributed by atoms with Crippen molar-refractivity contribution in [2.75, 3.05) is 6.54 Å². The van der Waals surface area contributed by atoms with E-state index in [1.807, 2.05) is 30.3 Å². The molecule has 0 spiro atoms. The summed E-state index contributed by atoms with van der Waals surface area (Å²) in [5.41, 5.74) is 2.71. The number of fused-ring (bicyclic) bond motifs is 1. The molecule has 1 fully saturated rings. The molecule has 1 atom stereocenters. The topological polar surface area (TPSA) is 108 Å². The van der Waals surface area contributed by atoms with Crippen molar-refractivity contribution in [1.82, 2.24) is 19.9 Å². The average molecular weight is 478 g/mol. The molecule has 2 aromatic heterocycles. The van der Waals surface area contributed by atoms with Crippen LogP contribution in [0.25, 0.3) is 11.2 Å². The number of halogens is 3. The second-order valence-corrected chi connectivity index (χ2v) is 8.55. The van der Waals surface area contributed by atoms with E-state index in [-0.39, 0.29) is 24.0 Å². The summed E-state index contributed by atoms with van der Waals surface area (Å²) in [6.07, 6.45) is -2.60. The summed E-state index contributed by atoms with van der Waals surface area (Å²) in [6.45, 7) is 6.07. The highest BCUT2D eigenvalue weighted by Gasteiger charge is 2.42. The number of aromatic amines is 1. The van der Waals surface area contributed by atoms with Crippen LogP contribution in [0, 0.1) is 5.92 Å². The lowest BCUT2D eigenvalue weighted by molar-refractivity contribution is -0.192. The van der Waals surface area contributed by atoms with Crippen LogP contribution in [0.15, 0.2) is 48.7 Å². The zero-order valence-electron chi connectivity index (χ0n) is 18.7. The summed E-state index contributed by atoms with van der Waals surface area (Å²) in [5.74, 6) is -2.42. The molecule has 0 radical (unpaired) electrons. The number of esters is 1. The van der Waals surface area contributed by atoms with Crippen molar-refractivity contribution in [1.29, 1.82) is 0 Å². The van der Waals surface area contributed by atoms with Crippen LogP contribution in [-0.2, 0) is 27.5 Å². The lowest BCUT2D eigenvalue weighted by Gasteiger charge is -2.31. The van der Waals surface area contributed by atoms with Gasteiger partial charge >= 0.3 is 18.1 Å². The molecular formula is C23H25F3N4O4. The van der Waals surface area contributed by atoms with Crippen molar-refractivity contribution in [3.63, 3.8) is 0 Å². The quantitative estimate of drug-likeness (QED) is 0.535. The molecule has 11 heteroatoms. The number of carboxylic acids is 1. The molecule has 1 saturated heterocycles. The molecule has 0 aliphatic carbocycles. The number of aliphatic carboxylic acids is 1. The second-order valence-electron chi connectivity index (χ2n) is 8.55. The molecule has 0 amide bonds. The number of pyridine rings is 1. The molecule has 0 saturated carbocycles. The summed E-state index contributed by atoms with van der Waals surface area (Å²) in [5, 5.41) is 7.12. The summed E-state index contributed by atoms with van der Waals surface area (Å²) < 4.78 is 37.3. The molecule has 1 aromatic carbocycles. The van der Waals surface area contributed by atoms with Gasteiger partial charge in [-0.25, -0.2) is 14.8 Å². The first kappa shape index (κ1) is 25.2. The van der Waals surface area contributed by atoms with Gasteiger partial charge in [0.1, 0.15) is 12.4 Å². The van der Waals surface area contributed by atoms with Crippen molar-refractivity contribution in [3.05, 3.63) is 60.0 Å². The van der Waals surface area contributed by atoms with Crippen molar-refractivity contribution < 1.29 is 32.6 Å². The van der Waals surface area contributed by atoms with Crippen molar-refractivity contribution in [3.8, 4) is 0 Å². The van der Waals surface area contributed by atoms with Crippen molar-refractivity contribution in [2.24, 2.45) is 5.92 Å². The number of carboxylic acid groups (broad SMARTS) is 1. The Labute approximate surface area is 193 Å². The van der Waals surface area contributed by atoms with E-state index in [0.29, 0.717) is 18.0 Å². The number of carbonyl (C=O) groups is 2. The maximum atomic E-state index is 12.6. The standard InChI is InChI=1S/C21H24N4O2.C2HF3O2/c1-21(2)11-16(13-25(21)12-15-7-4-3-5-8-15)20(26)27-14-18-23-17-9-6-10-22-19(17)24-18;3-2(4,5)1(6)7/h3-10,16H,11-14H2,1-2H3,(H,22,23,24);(H,6,7). The number of imidazole rings is 1. The monoisotopic (exact) mass is 478 g/mol. The lowest BCUT2D eigenvalue weighted by atomic mass is 9.96. The number of ether oxygens (including phenoxy) is 1. The number of alkyl halides is 3. The average Bonchev–Trinajstić information content (AvgIpc) is 3.32. The number of rotatable bonds is 5. The molecule has 1 aliphatic heterocycles. The number of H-pyrrole nitrogens is 1. The summed E-state index contributed by atoms with van der Waals surface area (Å²) in [6, 6.07) is 14.1. The van der Waals surface area contributed by atoms with Gasteiger partial charge < -0.3 is 14.8 Å². The predicted octanol–water partition coefficient (Wildman–Crippen LogP) is 3.94. The zero-order valence-corrected chi connectivity index (χ0v) is 18.7. The van der Waals surface area contributed by atoms with Gasteiger partial charge in [0.25, 0.3) is 0 Å². The number of likely N-dealkylation sites (tertiary alicyclic amines) is 1. The normalized spacial score (nSPS) is 17.7. The van der Waals surface area contributed by atoms with Gasteiger partial charge in [-0.2, -0.15) is 13.2 Å². The SMILES string of the molecule is CC1(C)CC(C(=O)OCc2nc3ncccc3[nH]2)CN1Cc1ccccc1.O=C(O)C(F)(F)F. The molecule has 3 heterocycles. The molecule has 8 nitrogen and oxygen atoms in total. The van der Waals surface area contributed by atoms with Crippen molar-refractivity contribution >= 4 is 23.1 Å². The molecular weight excluding hydrogens is 453 g/mol. The number of hydrogen-bond acceptors (Lipinski definition) is 6. The Kier molecular flexibility index (Phi) is 7.55. The van der Waals surface area contributed by atoms with Crippen LogP contribution >= 0.6 is 0 Å². The third-order valence-corrected chi connectivity index (χ3v) is 5.49. The fraction of sp³-hybridized carbons (Fsp3) is 0.391. The largest absolute Gasteiger partial charge is 0.490 e. The van der Waals surface area contributed by atoms with E-state index in [9.17, 15) is 18.0 Å². The van der Waals surface area contributed by atoms with E-state index in [0.717, 1.165) is 18.5 Å². The first-order valence-electron chi connectivity index (χ1n) is 10.5. The number of hydrogen-bond donors (Lipinski definition) is 2. The van der Waals surface area contributed by atoms with E-state index in [1.165, 1.54) is 5.56 Å². The molecule has 3 aromatic rings. The molecule has 34 heavy (non-hydrogen) atoms. The van der Waals surface area contributed by atoms with Crippen LogP contribution in [0.5, 0.6) is 0 Å². The van der Waals surface area contributed by atoms with Crippen molar-refractivity contribution in [2.45, 2.75) is 45.1 Å². The number of benzene rings is 1. The van der Waals surface area contributed by atoms with Crippen LogP contribution in [0.3, 0.4) is 0 Å². The Morgan fingerprint density at radius 2 is 1.88 bits per heavy atom. The Morgan fingerprint density at radius 3 is 2.50 bits per heavy atom. The third kappa shape index (κ3) is 6.53. The van der Waals surface area contributed by atoms with Gasteiger partial charge in [-0.1, -0.05) is 30.3 Å². The van der Waals surface area contributed by atoms with Gasteiger partial charge in [-0.05, 0) is 38.0 Å². The Balaban J connectivity index is 0.000000406. The van der Waals surface area contributed by atoms with E-state index in [2.05, 4.69) is 45.8 Å². The number of aromatic nitrogens is 3. The summed E-state index contributed by atoms with van der Waals surface area (Å²) >= 11 is 0. The van der Waals surface area contributed by atoms with Crippen LogP contribution in [0.4, 0.5) is 13.2 Å². The molecule has 0 bridgehead atoms. The Morgan fingerprint density at radius 1 is 1.21 bits per heavy atom. The number of nitrogens with zero attached hydrogens (tertiary/aromatic N) is 3. The highest BCUT2D eigenvalue weighted by Crippen LogP contribution is 2.34. The van der Waals surface area contributed by atoms with Gasteiger partial charge in [-0.15, -0.1) is 0 Å². The number of nitrogens with one attached hydrogen (secondary N) is 1. The highest BCUT2D eigenvalue weighted by atomic mass is 19.4. The van der Waals surface area contributed by atoms with E-state index in [1.54, 1.807) is 6.20 Å². The molecule has 2 N–H and O–H groups in total. The Bertz CT molecular complexity index is 1100. The van der Waals surface area contributed by atoms with Gasteiger partial charge in [0.15, 0.2) is 5.65 Å². The van der Waals surface area contributed by atoms with Gasteiger partial charge in [0.2, 0.25) is 0 Å². The molecule has 1 unspecified atom stereocenters. The first-order valence-corrected chi connectivity index (χ1v) is 10.5. The van der Waals surface area contributed by atoms with Crippen LogP contribution in [0.1, 0.15) is 31.7 Å².